The number of nitrogens with one attached hydrogen (secondary N) is 1. The van der Waals surface area contributed by atoms with Gasteiger partial charge in [0.2, 0.25) is 0 Å². The van der Waals surface area contributed by atoms with Crippen LogP contribution in [-0.2, 0) is 15.9 Å². The van der Waals surface area contributed by atoms with Crippen LogP contribution in [0.25, 0.3) is 11.4 Å². The number of hydrogen-bond acceptors (Lipinski definition) is 9. The molecule has 0 saturated carbocycles. The highest BCUT2D eigenvalue weighted by atomic mass is 32.2. The van der Waals surface area contributed by atoms with Crippen molar-refractivity contribution < 1.29 is 14.0 Å². The van der Waals surface area contributed by atoms with E-state index in [4.69, 9.17) is 9.47 Å². The molecule has 0 bridgehead atoms. The molecule has 9 nitrogen and oxygen atoms in total. The molecule has 0 amide bonds. The van der Waals surface area contributed by atoms with Crippen LogP contribution in [0.3, 0.4) is 0 Å². The van der Waals surface area contributed by atoms with Crippen molar-refractivity contribution in [1.29, 1.82) is 5.26 Å². The molecule has 10 heteroatoms. The first kappa shape index (κ1) is 25.9. The number of ether oxygens (including phenoxy) is 2. The predicted octanol–water partition coefficient (Wildman–Crippen LogP) is 3.57. The third-order valence-electron chi connectivity index (χ3n) is 7.60. The Hall–Kier alpha value is -3.36. The van der Waals surface area contributed by atoms with Crippen molar-refractivity contribution in [3.05, 3.63) is 60.3 Å². The molecule has 4 heterocycles. The van der Waals surface area contributed by atoms with Gasteiger partial charge in [-0.05, 0) is 48.5 Å². The molecule has 3 aromatic rings. The minimum absolute atomic E-state index is 0.0112. The Labute approximate surface area is 231 Å². The van der Waals surface area contributed by atoms with E-state index in [1.165, 1.54) is 5.69 Å². The average molecular weight is 545 g/mol. The Kier molecular flexibility index (Phi) is 7.83. The summed E-state index contributed by atoms with van der Waals surface area (Å²) in [6.07, 6.45) is 3.18. The van der Waals surface area contributed by atoms with Gasteiger partial charge in [-0.3, -0.25) is 4.90 Å². The molecular weight excluding hydrogens is 512 g/mol. The number of benzene rings is 2. The summed E-state index contributed by atoms with van der Waals surface area (Å²) in [5, 5.41) is 13.1. The number of hydrogen-bond donors (Lipinski definition) is 1. The van der Waals surface area contributed by atoms with E-state index in [1.807, 2.05) is 12.1 Å². The van der Waals surface area contributed by atoms with Gasteiger partial charge in [0.25, 0.3) is 0 Å². The van der Waals surface area contributed by atoms with Crippen LogP contribution in [0.2, 0.25) is 0 Å². The molecule has 202 valence electrons. The smallest absolute Gasteiger partial charge is 0.161 e. The van der Waals surface area contributed by atoms with Gasteiger partial charge in [-0.15, -0.1) is 0 Å². The topological polar surface area (TPSA) is 110 Å². The van der Waals surface area contributed by atoms with Gasteiger partial charge in [0, 0.05) is 62.2 Å². The monoisotopic (exact) mass is 544 g/mol. The molecule has 0 aliphatic carbocycles. The minimum Gasteiger partial charge on any atom is -0.616 e. The highest BCUT2D eigenvalue weighted by Crippen LogP contribution is 2.29. The minimum atomic E-state index is -0.751. The van der Waals surface area contributed by atoms with Crippen LogP contribution in [0.5, 0.6) is 5.75 Å². The zero-order chi connectivity index (χ0) is 26.6. The average Bonchev–Trinajstić information content (AvgIpc) is 2.95. The van der Waals surface area contributed by atoms with Crippen LogP contribution in [-0.4, -0.2) is 82.5 Å². The maximum Gasteiger partial charge on any atom is 0.161 e. The molecule has 1 N–H and O–H groups in total. The van der Waals surface area contributed by atoms with E-state index in [9.17, 15) is 9.81 Å². The molecule has 0 unspecified atom stereocenters. The highest BCUT2D eigenvalue weighted by Gasteiger charge is 2.29. The maximum absolute atomic E-state index is 11.6. The zero-order valence-electron chi connectivity index (χ0n) is 21.8. The summed E-state index contributed by atoms with van der Waals surface area (Å²) in [5.74, 6) is 3.05. The third kappa shape index (κ3) is 6.12. The van der Waals surface area contributed by atoms with E-state index in [0.717, 1.165) is 63.5 Å². The standard InChI is InChI=1S/C29H32N6O3S/c30-18-22-17-21(1-6-27(22)38-26-8-15-39(36)16-9-26)29-31-10-7-28(33-29)32-23-2-4-24(5-3-23)34-11-13-35(14-12-34)25-19-37-20-25/h1-7,10,17,25-26H,8-9,11-16,19-20H2,(H,31,32,33)/t26-,39-. The van der Waals surface area contributed by atoms with Crippen molar-refractivity contribution in [2.75, 3.05) is 61.1 Å². The summed E-state index contributed by atoms with van der Waals surface area (Å²) in [7, 11) is 0. The number of nitrogens with zero attached hydrogens (tertiary/aromatic N) is 5. The van der Waals surface area contributed by atoms with Gasteiger partial charge in [-0.25, -0.2) is 9.97 Å². The third-order valence-corrected chi connectivity index (χ3v) is 8.98. The van der Waals surface area contributed by atoms with E-state index >= 15 is 0 Å². The van der Waals surface area contributed by atoms with Gasteiger partial charge in [0.1, 0.15) is 35.2 Å². The zero-order valence-corrected chi connectivity index (χ0v) is 22.6. The lowest BCUT2D eigenvalue weighted by atomic mass is 10.1. The summed E-state index contributed by atoms with van der Waals surface area (Å²) < 4.78 is 23.0. The van der Waals surface area contributed by atoms with E-state index < -0.39 is 11.2 Å². The Morgan fingerprint density at radius 1 is 1.03 bits per heavy atom. The molecule has 2 aromatic carbocycles. The van der Waals surface area contributed by atoms with Gasteiger partial charge >= 0.3 is 0 Å². The lowest BCUT2D eigenvalue weighted by Gasteiger charge is -2.43. The van der Waals surface area contributed by atoms with Crippen molar-refractivity contribution in [3.8, 4) is 23.2 Å². The normalized spacial score (nSPS) is 22.1. The van der Waals surface area contributed by atoms with E-state index in [1.54, 1.807) is 18.3 Å². The SMILES string of the molecule is N#Cc1cc(-c2nccc(Nc3ccc(N4CCN(C5COC5)CC4)cc3)n2)ccc1O[C@H]1CC[S@+]([O-])CC1. The van der Waals surface area contributed by atoms with Gasteiger partial charge in [0.15, 0.2) is 5.82 Å². The summed E-state index contributed by atoms with van der Waals surface area (Å²) in [4.78, 5) is 14.1. The van der Waals surface area contributed by atoms with E-state index in [0.29, 0.717) is 40.5 Å². The fourth-order valence-electron chi connectivity index (χ4n) is 5.18. The molecule has 3 aliphatic rings. The summed E-state index contributed by atoms with van der Waals surface area (Å²) in [5.41, 5.74) is 3.36. The fraction of sp³-hybridized carbons (Fsp3) is 0.414. The fourth-order valence-corrected chi connectivity index (χ4v) is 6.43. The number of anilines is 3. The van der Waals surface area contributed by atoms with Crippen molar-refractivity contribution >= 4 is 28.4 Å². The molecule has 1 aromatic heterocycles. The lowest BCUT2D eigenvalue weighted by molar-refractivity contribution is -0.0660. The quantitative estimate of drug-likeness (QED) is 0.447. The first-order chi connectivity index (χ1) is 19.1. The van der Waals surface area contributed by atoms with Crippen LogP contribution in [0, 0.1) is 11.3 Å². The lowest BCUT2D eigenvalue weighted by Crippen LogP contribution is -2.56. The summed E-state index contributed by atoms with van der Waals surface area (Å²) >= 11 is -0.751. The Morgan fingerprint density at radius 2 is 1.79 bits per heavy atom. The number of piperazine rings is 1. The van der Waals surface area contributed by atoms with Crippen molar-refractivity contribution in [1.82, 2.24) is 14.9 Å². The molecule has 3 aliphatic heterocycles. The maximum atomic E-state index is 11.6. The van der Waals surface area contributed by atoms with Crippen molar-refractivity contribution in [2.24, 2.45) is 0 Å². The summed E-state index contributed by atoms with van der Waals surface area (Å²) in [6, 6.07) is 18.6. The number of nitriles is 1. The van der Waals surface area contributed by atoms with E-state index in [-0.39, 0.29) is 6.10 Å². The molecule has 6 rings (SSSR count). The first-order valence-corrected chi connectivity index (χ1v) is 15.0. The predicted molar refractivity (Wildman–Crippen MR) is 152 cm³/mol. The van der Waals surface area contributed by atoms with Gasteiger partial charge in [0.05, 0.1) is 24.8 Å². The van der Waals surface area contributed by atoms with Crippen LogP contribution in [0.4, 0.5) is 17.2 Å². The molecule has 3 fully saturated rings. The Morgan fingerprint density at radius 3 is 2.49 bits per heavy atom. The van der Waals surface area contributed by atoms with Crippen LogP contribution >= 0.6 is 0 Å². The first-order valence-electron chi connectivity index (χ1n) is 13.5. The second kappa shape index (κ2) is 11.8. The second-order valence-corrected chi connectivity index (χ2v) is 11.8. The molecule has 0 atom stereocenters. The molecule has 3 saturated heterocycles. The van der Waals surface area contributed by atoms with Crippen LogP contribution in [0.15, 0.2) is 54.7 Å². The molecule has 0 radical (unpaired) electrons. The Bertz CT molecular complexity index is 1310. The largest absolute Gasteiger partial charge is 0.616 e. The van der Waals surface area contributed by atoms with E-state index in [2.05, 4.69) is 55.4 Å². The highest BCUT2D eigenvalue weighted by molar-refractivity contribution is 7.91. The van der Waals surface area contributed by atoms with Gasteiger partial charge in [-0.1, -0.05) is 11.2 Å². The van der Waals surface area contributed by atoms with Crippen molar-refractivity contribution in [2.45, 2.75) is 25.0 Å². The molecular formula is C29H32N6O3S. The summed E-state index contributed by atoms with van der Waals surface area (Å²) in [6.45, 7) is 5.93. The Balaban J connectivity index is 1.09. The second-order valence-electron chi connectivity index (χ2n) is 10.1. The number of aromatic nitrogens is 2. The van der Waals surface area contributed by atoms with Crippen LogP contribution in [0.1, 0.15) is 18.4 Å². The molecule has 39 heavy (non-hydrogen) atoms. The van der Waals surface area contributed by atoms with Crippen molar-refractivity contribution in [3.63, 3.8) is 0 Å². The van der Waals surface area contributed by atoms with Gasteiger partial charge < -0.3 is 24.2 Å². The van der Waals surface area contributed by atoms with Crippen LogP contribution < -0.4 is 15.0 Å². The molecule has 0 spiro atoms. The number of rotatable bonds is 7. The van der Waals surface area contributed by atoms with Gasteiger partial charge in [-0.2, -0.15) is 5.26 Å².